The molecule has 1 saturated carbocycles. The number of aromatic nitrogens is 2. The van der Waals surface area contributed by atoms with Crippen LogP contribution in [0.5, 0.6) is 5.88 Å². The van der Waals surface area contributed by atoms with E-state index < -0.39 is 4.92 Å². The summed E-state index contributed by atoms with van der Waals surface area (Å²) >= 11 is 0. The molecule has 1 fully saturated rings. The van der Waals surface area contributed by atoms with Gasteiger partial charge in [0.25, 0.3) is 5.88 Å². The van der Waals surface area contributed by atoms with E-state index in [4.69, 9.17) is 10.5 Å². The lowest BCUT2D eigenvalue weighted by Crippen LogP contribution is -2.11. The largest absolute Gasteiger partial charge is 0.472 e. The number of hydrogen-bond donors (Lipinski definition) is 1. The van der Waals surface area contributed by atoms with Crippen LogP contribution < -0.4 is 10.5 Å². The van der Waals surface area contributed by atoms with Gasteiger partial charge < -0.3 is 10.5 Å². The lowest BCUT2D eigenvalue weighted by Gasteiger charge is -2.10. The van der Waals surface area contributed by atoms with E-state index in [9.17, 15) is 10.1 Å². The van der Waals surface area contributed by atoms with Crippen molar-refractivity contribution in [2.45, 2.75) is 32.6 Å². The highest BCUT2D eigenvalue weighted by Gasteiger charge is 2.32. The van der Waals surface area contributed by atoms with E-state index in [1.54, 1.807) is 0 Å². The predicted octanol–water partition coefficient (Wildman–Crippen LogP) is 1.88. The number of nitro groups is 1. The number of hydrogen-bond acceptors (Lipinski definition) is 6. The number of nitrogens with two attached hydrogens (primary N) is 1. The van der Waals surface area contributed by atoms with Gasteiger partial charge in [-0.3, -0.25) is 10.1 Å². The van der Waals surface area contributed by atoms with E-state index in [0.717, 1.165) is 12.8 Å². The minimum absolute atomic E-state index is 0.0110. The van der Waals surface area contributed by atoms with Crippen LogP contribution in [0.2, 0.25) is 0 Å². The van der Waals surface area contributed by atoms with Gasteiger partial charge in [0.05, 0.1) is 11.5 Å². The number of ether oxygens (including phenoxy) is 1. The van der Waals surface area contributed by atoms with Crippen molar-refractivity contribution >= 4 is 11.5 Å². The van der Waals surface area contributed by atoms with E-state index >= 15 is 0 Å². The molecular weight excluding hydrogens is 236 g/mol. The zero-order valence-electron chi connectivity index (χ0n) is 10.4. The Kier molecular flexibility index (Phi) is 3.31. The molecule has 0 aromatic carbocycles. The van der Waals surface area contributed by atoms with Gasteiger partial charge in [-0.25, -0.2) is 4.98 Å². The molecule has 7 heteroatoms. The molecular formula is C11H16N4O3. The normalized spacial score (nSPS) is 14.8. The smallest absolute Gasteiger partial charge is 0.372 e. The molecule has 0 saturated heterocycles. The third kappa shape index (κ3) is 2.66. The Morgan fingerprint density at radius 1 is 1.50 bits per heavy atom. The molecule has 0 atom stereocenters. The van der Waals surface area contributed by atoms with Gasteiger partial charge in [0, 0.05) is 5.92 Å². The molecule has 1 aromatic rings. The summed E-state index contributed by atoms with van der Waals surface area (Å²) < 4.78 is 5.39. The predicted molar refractivity (Wildman–Crippen MR) is 65.4 cm³/mol. The Morgan fingerprint density at radius 2 is 2.17 bits per heavy atom. The van der Waals surface area contributed by atoms with Crippen molar-refractivity contribution in [2.24, 2.45) is 5.92 Å². The first-order valence-electron chi connectivity index (χ1n) is 5.93. The summed E-state index contributed by atoms with van der Waals surface area (Å²) in [4.78, 5) is 18.5. The highest BCUT2D eigenvalue weighted by atomic mass is 16.6. The first kappa shape index (κ1) is 12.5. The Morgan fingerprint density at radius 3 is 2.67 bits per heavy atom. The fraction of sp³-hybridized carbons (Fsp3) is 0.636. The quantitative estimate of drug-likeness (QED) is 0.633. The average molecular weight is 252 g/mol. The number of nitrogens with zero attached hydrogens (tertiary/aromatic N) is 3. The summed E-state index contributed by atoms with van der Waals surface area (Å²) in [5.74, 6) is 0.954. The van der Waals surface area contributed by atoms with Gasteiger partial charge in [-0.2, -0.15) is 4.98 Å². The molecule has 1 aliphatic carbocycles. The molecule has 0 bridgehead atoms. The third-order valence-electron chi connectivity index (χ3n) is 2.57. The van der Waals surface area contributed by atoms with Crippen molar-refractivity contribution in [2.75, 3.05) is 12.3 Å². The van der Waals surface area contributed by atoms with Gasteiger partial charge in [0.1, 0.15) is 5.82 Å². The molecule has 0 aliphatic heterocycles. The van der Waals surface area contributed by atoms with Crippen LogP contribution in [0.25, 0.3) is 0 Å². The lowest BCUT2D eigenvalue weighted by molar-refractivity contribution is -0.385. The van der Waals surface area contributed by atoms with Crippen LogP contribution in [-0.2, 0) is 0 Å². The van der Waals surface area contributed by atoms with Crippen LogP contribution in [-0.4, -0.2) is 21.5 Å². The topological polar surface area (TPSA) is 104 Å². The van der Waals surface area contributed by atoms with Gasteiger partial charge in [-0.1, -0.05) is 13.8 Å². The summed E-state index contributed by atoms with van der Waals surface area (Å²) in [6, 6.07) is 0. The van der Waals surface area contributed by atoms with Gasteiger partial charge in [0.15, 0.2) is 0 Å². The minimum atomic E-state index is -0.596. The van der Waals surface area contributed by atoms with Crippen molar-refractivity contribution in [3.05, 3.63) is 15.9 Å². The van der Waals surface area contributed by atoms with Gasteiger partial charge in [-0.05, 0) is 18.8 Å². The second kappa shape index (κ2) is 4.75. The summed E-state index contributed by atoms with van der Waals surface area (Å²) in [5, 5.41) is 10.9. The Hall–Kier alpha value is -1.92. The first-order valence-corrected chi connectivity index (χ1v) is 5.93. The monoisotopic (exact) mass is 252 g/mol. The van der Waals surface area contributed by atoms with Crippen LogP contribution in [0.4, 0.5) is 11.5 Å². The van der Waals surface area contributed by atoms with E-state index in [1.165, 1.54) is 0 Å². The SMILES string of the molecule is CC(C)COc1nc(C2CC2)nc(N)c1[N+](=O)[O-]. The minimum Gasteiger partial charge on any atom is -0.472 e. The van der Waals surface area contributed by atoms with Crippen LogP contribution in [0.15, 0.2) is 0 Å². The fourth-order valence-corrected chi connectivity index (χ4v) is 1.51. The van der Waals surface area contributed by atoms with E-state index in [0.29, 0.717) is 12.4 Å². The molecule has 18 heavy (non-hydrogen) atoms. The van der Waals surface area contributed by atoms with Crippen molar-refractivity contribution in [3.8, 4) is 5.88 Å². The Balaban J connectivity index is 2.34. The van der Waals surface area contributed by atoms with Crippen LogP contribution >= 0.6 is 0 Å². The maximum Gasteiger partial charge on any atom is 0.372 e. The number of anilines is 1. The summed E-state index contributed by atoms with van der Waals surface area (Å²) in [6.07, 6.45) is 2.00. The summed E-state index contributed by atoms with van der Waals surface area (Å²) in [7, 11) is 0. The molecule has 98 valence electrons. The highest BCUT2D eigenvalue weighted by molar-refractivity contribution is 5.59. The number of rotatable bonds is 5. The first-order chi connectivity index (χ1) is 8.49. The maximum absolute atomic E-state index is 10.9. The van der Waals surface area contributed by atoms with Crippen LogP contribution in [0.3, 0.4) is 0 Å². The van der Waals surface area contributed by atoms with E-state index in [2.05, 4.69) is 9.97 Å². The van der Waals surface area contributed by atoms with E-state index in [-0.39, 0.29) is 29.2 Å². The molecule has 0 radical (unpaired) electrons. The van der Waals surface area contributed by atoms with E-state index in [1.807, 2.05) is 13.8 Å². The van der Waals surface area contributed by atoms with Crippen molar-refractivity contribution < 1.29 is 9.66 Å². The standard InChI is InChI=1S/C11H16N4O3/c1-6(2)5-18-11-8(15(16)17)9(12)13-10(14-11)7-3-4-7/h6-7H,3-5H2,1-2H3,(H2,12,13,14). The Labute approximate surface area is 105 Å². The molecule has 7 nitrogen and oxygen atoms in total. The maximum atomic E-state index is 10.9. The van der Waals surface area contributed by atoms with Gasteiger partial charge in [-0.15, -0.1) is 0 Å². The summed E-state index contributed by atoms with van der Waals surface area (Å²) in [6.45, 7) is 4.28. The Bertz CT molecular complexity index is 472. The zero-order chi connectivity index (χ0) is 13.3. The molecule has 1 heterocycles. The van der Waals surface area contributed by atoms with Crippen molar-refractivity contribution in [3.63, 3.8) is 0 Å². The van der Waals surface area contributed by atoms with Crippen molar-refractivity contribution in [1.82, 2.24) is 9.97 Å². The molecule has 0 amide bonds. The average Bonchev–Trinajstić information content (AvgIpc) is 3.08. The van der Waals surface area contributed by atoms with Crippen LogP contribution in [0.1, 0.15) is 38.4 Å². The summed E-state index contributed by atoms with van der Waals surface area (Å²) in [5.41, 5.74) is 5.29. The third-order valence-corrected chi connectivity index (χ3v) is 2.57. The highest BCUT2D eigenvalue weighted by Crippen LogP contribution is 2.41. The lowest BCUT2D eigenvalue weighted by atomic mass is 10.2. The molecule has 1 aromatic heterocycles. The second-order valence-electron chi connectivity index (χ2n) is 4.86. The molecule has 2 N–H and O–H groups in total. The van der Waals surface area contributed by atoms with Gasteiger partial charge in [0.2, 0.25) is 5.82 Å². The van der Waals surface area contributed by atoms with Crippen LogP contribution in [0, 0.1) is 16.0 Å². The fourth-order valence-electron chi connectivity index (χ4n) is 1.51. The molecule has 1 aliphatic rings. The molecule has 0 unspecified atom stereocenters. The molecule has 0 spiro atoms. The van der Waals surface area contributed by atoms with Gasteiger partial charge >= 0.3 is 5.69 Å². The zero-order valence-corrected chi connectivity index (χ0v) is 10.4. The number of nitrogen functional groups attached to an aromatic ring is 1. The van der Waals surface area contributed by atoms with Crippen molar-refractivity contribution in [1.29, 1.82) is 0 Å². The molecule has 2 rings (SSSR count). The second-order valence-corrected chi connectivity index (χ2v) is 4.86.